The fourth-order valence-electron chi connectivity index (χ4n) is 5.31. The number of aliphatic hydroxyl groups is 1. The van der Waals surface area contributed by atoms with Gasteiger partial charge in [-0.3, -0.25) is 4.79 Å². The molecule has 46 heavy (non-hydrogen) atoms. The lowest BCUT2D eigenvalue weighted by atomic mass is 9.95. The third-order valence-corrected chi connectivity index (χ3v) is 9.77. The number of ether oxygens (including phenoxy) is 2. The Kier molecular flexibility index (Phi) is 10.1. The Morgan fingerprint density at radius 2 is 1.85 bits per heavy atom. The summed E-state index contributed by atoms with van der Waals surface area (Å²) in [4.78, 5) is 23.8. The van der Waals surface area contributed by atoms with E-state index >= 15 is 0 Å². The molecular weight excluding hydrogens is 625 g/mol. The summed E-state index contributed by atoms with van der Waals surface area (Å²) < 4.78 is 74.5. The maximum absolute atomic E-state index is 13.1. The van der Waals surface area contributed by atoms with Crippen LogP contribution in [0, 0.1) is 12.0 Å². The van der Waals surface area contributed by atoms with Crippen LogP contribution >= 0.6 is 0 Å². The molecule has 10 nitrogen and oxygen atoms in total. The molecule has 1 amide bonds. The van der Waals surface area contributed by atoms with Crippen LogP contribution < -0.4 is 10.2 Å². The van der Waals surface area contributed by atoms with Gasteiger partial charge in [-0.25, -0.2) is 18.4 Å². The van der Waals surface area contributed by atoms with E-state index in [0.717, 1.165) is 24.1 Å². The van der Waals surface area contributed by atoms with Gasteiger partial charge >= 0.3 is 6.18 Å². The number of amides is 1. The number of benzene rings is 2. The number of nitrogens with one attached hydrogen (secondary N) is 1. The number of aromatic nitrogens is 2. The van der Waals surface area contributed by atoms with E-state index in [9.17, 15) is 31.5 Å². The van der Waals surface area contributed by atoms with Gasteiger partial charge in [-0.05, 0) is 47.7 Å². The van der Waals surface area contributed by atoms with Crippen LogP contribution in [-0.2, 0) is 25.5 Å². The molecule has 2 N–H and O–H groups in total. The minimum absolute atomic E-state index is 0.0490. The predicted molar refractivity (Wildman–Crippen MR) is 162 cm³/mol. The van der Waals surface area contributed by atoms with Gasteiger partial charge in [-0.15, -0.1) is 0 Å². The Morgan fingerprint density at radius 1 is 1.15 bits per heavy atom. The summed E-state index contributed by atoms with van der Waals surface area (Å²) in [6.45, 7) is 2.54. The fourth-order valence-corrected chi connectivity index (χ4v) is 6.19. The van der Waals surface area contributed by atoms with Crippen LogP contribution in [0.15, 0.2) is 65.8 Å². The van der Waals surface area contributed by atoms with E-state index < -0.39 is 46.2 Å². The molecule has 2 aliphatic rings. The third-order valence-electron chi connectivity index (χ3n) is 8.02. The van der Waals surface area contributed by atoms with Gasteiger partial charge in [0.2, 0.25) is 5.95 Å². The van der Waals surface area contributed by atoms with Crippen LogP contribution in [0.4, 0.5) is 19.1 Å². The Morgan fingerprint density at radius 3 is 2.43 bits per heavy atom. The van der Waals surface area contributed by atoms with Crippen molar-refractivity contribution in [3.8, 4) is 12.0 Å². The maximum Gasteiger partial charge on any atom is 0.416 e. The monoisotopic (exact) mass is 658 g/mol. The Balaban J connectivity index is 1.30. The average Bonchev–Trinajstić information content (AvgIpc) is 3.74. The molecule has 1 aromatic heterocycles. The molecule has 2 saturated heterocycles. The van der Waals surface area contributed by atoms with Gasteiger partial charge in [0.15, 0.2) is 9.84 Å². The highest BCUT2D eigenvalue weighted by Gasteiger charge is 2.35. The molecule has 5 rings (SSSR count). The summed E-state index contributed by atoms with van der Waals surface area (Å²) >= 11 is 0. The molecule has 0 spiro atoms. The summed E-state index contributed by atoms with van der Waals surface area (Å²) in [7, 11) is -3.40. The summed E-state index contributed by atoms with van der Waals surface area (Å²) in [5.74, 6) is 2.61. The van der Waals surface area contributed by atoms with Crippen molar-refractivity contribution in [2.75, 3.05) is 37.0 Å². The first-order valence-corrected chi connectivity index (χ1v) is 16.4. The number of carbonyl (C=O) groups is 1. The Labute approximate surface area is 264 Å². The molecule has 2 aromatic carbocycles. The van der Waals surface area contributed by atoms with Crippen LogP contribution in [0.2, 0.25) is 0 Å². The van der Waals surface area contributed by atoms with Gasteiger partial charge in [0.25, 0.3) is 5.91 Å². The number of aliphatic hydroxyl groups excluding tert-OH is 1. The van der Waals surface area contributed by atoms with Crippen LogP contribution in [0.25, 0.3) is 0 Å². The number of rotatable bonds is 9. The SMILES string of the molecule is CCS(=O)(=O)c1ccc([C@H](CO)NC(=O)c2cnc(N3CC(c4ccc(C(F)(F)F)cc4)C[C@H]3C#CO[C@H]3CCOC3)nc2)cc1. The largest absolute Gasteiger partial charge is 0.441 e. The average molecular weight is 659 g/mol. The minimum atomic E-state index is -4.43. The highest BCUT2D eigenvalue weighted by atomic mass is 32.2. The van der Waals surface area contributed by atoms with Gasteiger partial charge in [-0.2, -0.15) is 13.2 Å². The number of hydrogen-bond acceptors (Lipinski definition) is 9. The second-order valence-corrected chi connectivity index (χ2v) is 13.3. The number of carbonyl (C=O) groups excluding carboxylic acids is 1. The number of hydrogen-bond donors (Lipinski definition) is 2. The van der Waals surface area contributed by atoms with E-state index in [1.807, 2.05) is 4.90 Å². The predicted octanol–water partition coefficient (Wildman–Crippen LogP) is 3.88. The second kappa shape index (κ2) is 14.1. The molecule has 0 aliphatic carbocycles. The molecule has 0 bridgehead atoms. The van der Waals surface area contributed by atoms with Crippen molar-refractivity contribution in [1.82, 2.24) is 15.3 Å². The molecule has 14 heteroatoms. The molecule has 1 unspecified atom stereocenters. The van der Waals surface area contributed by atoms with Crippen LogP contribution in [0.3, 0.4) is 0 Å². The zero-order valence-electron chi connectivity index (χ0n) is 24.9. The summed E-state index contributed by atoms with van der Waals surface area (Å²) in [5.41, 5.74) is 0.635. The van der Waals surface area contributed by atoms with Gasteiger partial charge in [0.05, 0.1) is 53.7 Å². The van der Waals surface area contributed by atoms with E-state index in [0.29, 0.717) is 31.7 Å². The third kappa shape index (κ3) is 7.78. The molecule has 244 valence electrons. The van der Waals surface area contributed by atoms with Crippen molar-refractivity contribution in [2.45, 2.75) is 54.9 Å². The molecule has 3 heterocycles. The zero-order chi connectivity index (χ0) is 32.9. The van der Waals surface area contributed by atoms with Crippen LogP contribution in [0.5, 0.6) is 0 Å². The van der Waals surface area contributed by atoms with Gasteiger partial charge in [-0.1, -0.05) is 31.2 Å². The van der Waals surface area contributed by atoms with E-state index in [2.05, 4.69) is 27.3 Å². The molecule has 0 radical (unpaired) electrons. The molecule has 3 aromatic rings. The summed E-state index contributed by atoms with van der Waals surface area (Å²) in [6.07, 6.45) is 2.09. The lowest BCUT2D eigenvalue weighted by Crippen LogP contribution is -2.32. The van der Waals surface area contributed by atoms with Gasteiger partial charge < -0.3 is 24.8 Å². The molecule has 0 saturated carbocycles. The highest BCUT2D eigenvalue weighted by Crippen LogP contribution is 2.36. The number of sulfone groups is 1. The Bertz CT molecular complexity index is 1670. The molecular formula is C32H33F3N4O6S. The first-order valence-electron chi connectivity index (χ1n) is 14.7. The molecule has 4 atom stereocenters. The number of nitrogens with zero attached hydrogens (tertiary/aromatic N) is 3. The number of alkyl halides is 3. The van der Waals surface area contributed by atoms with Crippen molar-refractivity contribution < 1.29 is 41.0 Å². The molecule has 2 aliphatic heterocycles. The van der Waals surface area contributed by atoms with Gasteiger partial charge in [0, 0.05) is 31.3 Å². The lowest BCUT2D eigenvalue weighted by Gasteiger charge is -2.21. The summed E-state index contributed by atoms with van der Waals surface area (Å²) in [5, 5.41) is 12.6. The van der Waals surface area contributed by atoms with Crippen molar-refractivity contribution in [2.24, 2.45) is 0 Å². The number of halogens is 3. The van der Waals surface area contributed by atoms with E-state index in [1.54, 1.807) is 6.92 Å². The summed E-state index contributed by atoms with van der Waals surface area (Å²) in [6, 6.07) is 9.78. The maximum atomic E-state index is 13.1. The first kappa shape index (κ1) is 33.2. The lowest BCUT2D eigenvalue weighted by molar-refractivity contribution is -0.137. The quantitative estimate of drug-likeness (QED) is 0.329. The Hall–Kier alpha value is -4.19. The van der Waals surface area contributed by atoms with E-state index in [4.69, 9.17) is 9.47 Å². The first-order chi connectivity index (χ1) is 22.0. The zero-order valence-corrected chi connectivity index (χ0v) is 25.7. The molecule has 2 fully saturated rings. The van der Waals surface area contributed by atoms with Crippen molar-refractivity contribution >= 4 is 21.7 Å². The van der Waals surface area contributed by atoms with E-state index in [1.165, 1.54) is 48.8 Å². The van der Waals surface area contributed by atoms with Crippen LogP contribution in [-0.4, -0.2) is 73.7 Å². The number of anilines is 1. The smallest absolute Gasteiger partial charge is 0.416 e. The second-order valence-electron chi connectivity index (χ2n) is 11.0. The van der Waals surface area contributed by atoms with Gasteiger partial charge in [0.1, 0.15) is 12.2 Å². The van der Waals surface area contributed by atoms with Crippen molar-refractivity contribution in [1.29, 1.82) is 0 Å². The standard InChI is InChI=1S/C32H33F3N4O6S/c1-2-46(42,43)28-9-5-22(6-10-28)29(19-40)38-30(41)24-16-36-31(37-17-24)39-18-23(21-3-7-25(8-4-21)32(33,34)35)15-26(39)11-14-45-27-12-13-44-20-27/h3-10,16-17,23,26-27,29,40H,2,12-13,15,18-20H2,1H3,(H,38,41)/t23?,26-,27+,29+/m1/s1. The van der Waals surface area contributed by atoms with Crippen molar-refractivity contribution in [3.63, 3.8) is 0 Å². The minimum Gasteiger partial charge on any atom is -0.441 e. The topological polar surface area (TPSA) is 131 Å². The normalized spacial score (nSPS) is 20.5. The van der Waals surface area contributed by atoms with Crippen LogP contribution in [0.1, 0.15) is 58.8 Å². The fraction of sp³-hybridized carbons (Fsp3) is 0.406. The van der Waals surface area contributed by atoms with E-state index in [-0.39, 0.29) is 34.2 Å². The highest BCUT2D eigenvalue weighted by molar-refractivity contribution is 7.91. The van der Waals surface area contributed by atoms with Crippen molar-refractivity contribution in [3.05, 3.63) is 83.2 Å².